The van der Waals surface area contributed by atoms with E-state index in [2.05, 4.69) is 191 Å². The van der Waals surface area contributed by atoms with Crippen LogP contribution in [0.5, 0.6) is 0 Å². The molecule has 11 rings (SSSR count). The smallest absolute Gasteiger partial charge is 0.0979 e. The summed E-state index contributed by atoms with van der Waals surface area (Å²) < 4.78 is 2.61. The van der Waals surface area contributed by atoms with Crippen molar-refractivity contribution in [1.82, 2.24) is 9.97 Å². The number of nitrogens with zero attached hydrogens (tertiary/aromatic N) is 2. The standard InChI is InChI=1S/C56H40N2S/c1-33-21-34(2)24-42(23-33)39-19-20-53-50(29-39)51-31-44(43-25-35(3)22-36(4)26-43)30-49(56(51)59-53)40-13-9-11-37(27-40)38-12-10-14-41(28-38)52-32-57-54-47-17-7-5-15-45(47)46-16-6-8-18-48(46)55(54)58-52/h5-32H,1-4H3. The molecule has 2 nitrogen and oxygen atoms in total. The van der Waals surface area contributed by atoms with Crippen molar-refractivity contribution in [2.24, 2.45) is 0 Å². The predicted octanol–water partition coefficient (Wildman–Crippen LogP) is 15.9. The summed E-state index contributed by atoms with van der Waals surface area (Å²) >= 11 is 1.89. The van der Waals surface area contributed by atoms with Gasteiger partial charge in [-0.1, -0.05) is 150 Å². The van der Waals surface area contributed by atoms with Gasteiger partial charge in [-0.3, -0.25) is 4.98 Å². The van der Waals surface area contributed by atoms with Gasteiger partial charge < -0.3 is 0 Å². The number of fused-ring (bicyclic) bond motifs is 9. The molecule has 280 valence electrons. The molecule has 0 fully saturated rings. The fourth-order valence-corrected chi connectivity index (χ4v) is 10.4. The van der Waals surface area contributed by atoms with Gasteiger partial charge in [-0.2, -0.15) is 0 Å². The van der Waals surface area contributed by atoms with Gasteiger partial charge in [0.2, 0.25) is 0 Å². The van der Waals surface area contributed by atoms with Crippen LogP contribution >= 0.6 is 11.3 Å². The minimum Gasteiger partial charge on any atom is -0.252 e. The second kappa shape index (κ2) is 13.9. The normalized spacial score (nSPS) is 11.7. The van der Waals surface area contributed by atoms with Crippen LogP contribution in [0.1, 0.15) is 22.3 Å². The summed E-state index contributed by atoms with van der Waals surface area (Å²) in [6, 6.07) is 60.4. The zero-order chi connectivity index (χ0) is 39.8. The fraction of sp³-hybridized carbons (Fsp3) is 0.0714. The van der Waals surface area contributed by atoms with Crippen LogP contribution in [0, 0.1) is 27.7 Å². The third kappa shape index (κ3) is 6.18. The SMILES string of the molecule is Cc1cc(C)cc(-c2ccc3sc4c(-c5cccc(-c6cccc(-c7cnc8c9ccccc9c9ccccc9c8n7)c6)c5)cc(-c5cc(C)cc(C)c5)cc4c3c2)c1. The lowest BCUT2D eigenvalue weighted by Gasteiger charge is -2.13. The summed E-state index contributed by atoms with van der Waals surface area (Å²) in [6.45, 7) is 8.75. The van der Waals surface area contributed by atoms with Crippen LogP contribution in [0.15, 0.2) is 170 Å². The van der Waals surface area contributed by atoms with Crippen LogP contribution in [-0.2, 0) is 0 Å². The molecule has 0 unspecified atom stereocenters. The molecule has 9 aromatic carbocycles. The number of hydrogen-bond donors (Lipinski definition) is 0. The molecule has 0 spiro atoms. The van der Waals surface area contributed by atoms with Crippen molar-refractivity contribution < 1.29 is 0 Å². The zero-order valence-corrected chi connectivity index (χ0v) is 34.3. The van der Waals surface area contributed by atoms with Crippen molar-refractivity contribution in [1.29, 1.82) is 0 Å². The largest absolute Gasteiger partial charge is 0.252 e. The third-order valence-electron chi connectivity index (χ3n) is 11.8. The van der Waals surface area contributed by atoms with Crippen molar-refractivity contribution in [3.05, 3.63) is 192 Å². The number of aryl methyl sites for hydroxylation is 4. The van der Waals surface area contributed by atoms with Crippen molar-refractivity contribution in [2.75, 3.05) is 0 Å². The topological polar surface area (TPSA) is 25.8 Å². The molecule has 2 aromatic heterocycles. The average molecular weight is 773 g/mol. The second-order valence-electron chi connectivity index (χ2n) is 16.2. The Morgan fingerprint density at radius 3 is 1.53 bits per heavy atom. The molecule has 59 heavy (non-hydrogen) atoms. The van der Waals surface area contributed by atoms with Gasteiger partial charge in [-0.15, -0.1) is 11.3 Å². The zero-order valence-electron chi connectivity index (χ0n) is 33.5. The molecule has 0 aliphatic rings. The quantitative estimate of drug-likeness (QED) is 0.163. The van der Waals surface area contributed by atoms with Gasteiger partial charge in [0.1, 0.15) is 0 Å². The lowest BCUT2D eigenvalue weighted by atomic mass is 9.92. The highest BCUT2D eigenvalue weighted by atomic mass is 32.1. The van der Waals surface area contributed by atoms with Gasteiger partial charge in [-0.25, -0.2) is 4.98 Å². The van der Waals surface area contributed by atoms with Crippen LogP contribution in [-0.4, -0.2) is 9.97 Å². The molecular formula is C56H40N2S. The Hall–Kier alpha value is -6.94. The predicted molar refractivity (Wildman–Crippen MR) is 254 cm³/mol. The molecule has 0 bridgehead atoms. The van der Waals surface area contributed by atoms with Crippen LogP contribution in [0.3, 0.4) is 0 Å². The van der Waals surface area contributed by atoms with E-state index in [1.807, 2.05) is 17.5 Å². The van der Waals surface area contributed by atoms with Gasteiger partial charge in [0.15, 0.2) is 0 Å². The van der Waals surface area contributed by atoms with Gasteiger partial charge in [0.05, 0.1) is 22.9 Å². The molecule has 0 aliphatic heterocycles. The molecule has 0 radical (unpaired) electrons. The molecule has 0 saturated carbocycles. The summed E-state index contributed by atoms with van der Waals surface area (Å²) in [5, 5.41) is 7.25. The molecule has 2 heterocycles. The summed E-state index contributed by atoms with van der Waals surface area (Å²) in [6.07, 6.45) is 1.93. The number of thiophene rings is 1. The highest BCUT2D eigenvalue weighted by molar-refractivity contribution is 7.26. The first-order chi connectivity index (χ1) is 28.8. The van der Waals surface area contributed by atoms with E-state index in [0.29, 0.717) is 0 Å². The van der Waals surface area contributed by atoms with Crippen molar-refractivity contribution in [3.8, 4) is 55.8 Å². The van der Waals surface area contributed by atoms with E-state index < -0.39 is 0 Å². The van der Waals surface area contributed by atoms with Gasteiger partial charge >= 0.3 is 0 Å². The molecule has 11 aromatic rings. The monoisotopic (exact) mass is 772 g/mol. The maximum Gasteiger partial charge on any atom is 0.0979 e. The van der Waals surface area contributed by atoms with E-state index >= 15 is 0 Å². The minimum absolute atomic E-state index is 0.865. The molecule has 0 N–H and O–H groups in total. The number of benzene rings is 9. The summed E-state index contributed by atoms with van der Waals surface area (Å²) in [5.41, 5.74) is 18.7. The molecular weight excluding hydrogens is 733 g/mol. The highest BCUT2D eigenvalue weighted by Gasteiger charge is 2.17. The van der Waals surface area contributed by atoms with Gasteiger partial charge in [0, 0.05) is 42.1 Å². The minimum atomic E-state index is 0.865. The summed E-state index contributed by atoms with van der Waals surface area (Å²) in [5.74, 6) is 0. The average Bonchev–Trinajstić information content (AvgIpc) is 3.63. The highest BCUT2D eigenvalue weighted by Crippen LogP contribution is 2.45. The first-order valence-electron chi connectivity index (χ1n) is 20.3. The van der Waals surface area contributed by atoms with Gasteiger partial charge in [0.25, 0.3) is 0 Å². The lowest BCUT2D eigenvalue weighted by Crippen LogP contribution is -1.92. The van der Waals surface area contributed by atoms with E-state index in [4.69, 9.17) is 9.97 Å². The number of hydrogen-bond acceptors (Lipinski definition) is 3. The maximum absolute atomic E-state index is 5.30. The van der Waals surface area contributed by atoms with Gasteiger partial charge in [-0.05, 0) is 114 Å². The van der Waals surface area contributed by atoms with E-state index in [1.54, 1.807) is 0 Å². The summed E-state index contributed by atoms with van der Waals surface area (Å²) in [7, 11) is 0. The van der Waals surface area contributed by atoms with Crippen LogP contribution in [0.4, 0.5) is 0 Å². The Morgan fingerprint density at radius 1 is 0.356 bits per heavy atom. The molecule has 0 atom stereocenters. The summed E-state index contributed by atoms with van der Waals surface area (Å²) in [4.78, 5) is 10.4. The van der Waals surface area contributed by atoms with Crippen LogP contribution < -0.4 is 0 Å². The van der Waals surface area contributed by atoms with Crippen molar-refractivity contribution in [3.63, 3.8) is 0 Å². The van der Waals surface area contributed by atoms with Crippen LogP contribution in [0.2, 0.25) is 0 Å². The Labute approximate surface area is 348 Å². The van der Waals surface area contributed by atoms with Crippen molar-refractivity contribution in [2.45, 2.75) is 27.7 Å². The molecule has 3 heteroatoms. The Bertz CT molecular complexity index is 3420. The van der Waals surface area contributed by atoms with E-state index in [0.717, 1.165) is 44.2 Å². The first kappa shape index (κ1) is 35.2. The van der Waals surface area contributed by atoms with E-state index in [1.165, 1.54) is 86.6 Å². The Kier molecular flexibility index (Phi) is 8.28. The van der Waals surface area contributed by atoms with E-state index in [9.17, 15) is 0 Å². The Morgan fingerprint density at radius 2 is 0.864 bits per heavy atom. The number of aromatic nitrogens is 2. The second-order valence-corrected chi connectivity index (χ2v) is 17.2. The lowest BCUT2D eigenvalue weighted by molar-refractivity contribution is 1.31. The molecule has 0 amide bonds. The van der Waals surface area contributed by atoms with E-state index in [-0.39, 0.29) is 0 Å². The molecule has 0 saturated heterocycles. The maximum atomic E-state index is 5.30. The number of rotatable bonds is 5. The fourth-order valence-electron chi connectivity index (χ4n) is 9.21. The third-order valence-corrected chi connectivity index (χ3v) is 13.0. The Balaban J connectivity index is 1.05. The molecule has 0 aliphatic carbocycles. The first-order valence-corrected chi connectivity index (χ1v) is 21.1. The van der Waals surface area contributed by atoms with Crippen LogP contribution in [0.25, 0.3) is 109 Å². The van der Waals surface area contributed by atoms with Crippen molar-refractivity contribution >= 4 is 64.1 Å².